The Hall–Kier alpha value is -0.830. The van der Waals surface area contributed by atoms with E-state index < -0.39 is 0 Å². The van der Waals surface area contributed by atoms with E-state index in [9.17, 15) is 4.79 Å². The summed E-state index contributed by atoms with van der Waals surface area (Å²) in [7, 11) is 0. The highest BCUT2D eigenvalue weighted by molar-refractivity contribution is 9.10. The molecule has 0 saturated heterocycles. The summed E-state index contributed by atoms with van der Waals surface area (Å²) in [4.78, 5) is 12.6. The minimum absolute atomic E-state index is 0.0479. The standard InChI is InChI=1S/C18H26BrNO/c1-12-8-7-9-13(16(12)19)17(21)20-15-11-6-5-10-14(15)18(2,3)4/h7-9,14-15H,5-6,10-11H2,1-4H3,(H,20,21). The van der Waals surface area contributed by atoms with Crippen LogP contribution in [0.2, 0.25) is 0 Å². The van der Waals surface area contributed by atoms with E-state index >= 15 is 0 Å². The molecule has 1 saturated carbocycles. The van der Waals surface area contributed by atoms with Crippen LogP contribution in [-0.4, -0.2) is 11.9 Å². The lowest BCUT2D eigenvalue weighted by molar-refractivity contribution is 0.0829. The van der Waals surface area contributed by atoms with Crippen molar-refractivity contribution in [1.29, 1.82) is 0 Å². The van der Waals surface area contributed by atoms with Gasteiger partial charge in [-0.1, -0.05) is 45.7 Å². The van der Waals surface area contributed by atoms with Gasteiger partial charge in [0.15, 0.2) is 0 Å². The number of nitrogens with one attached hydrogen (secondary N) is 1. The maximum atomic E-state index is 12.6. The van der Waals surface area contributed by atoms with Gasteiger partial charge in [0.2, 0.25) is 0 Å². The largest absolute Gasteiger partial charge is 0.349 e. The van der Waals surface area contributed by atoms with Crippen molar-refractivity contribution in [3.8, 4) is 0 Å². The third-order valence-corrected chi connectivity index (χ3v) is 5.68. The monoisotopic (exact) mass is 351 g/mol. The number of aryl methyl sites for hydroxylation is 1. The summed E-state index contributed by atoms with van der Waals surface area (Å²) >= 11 is 3.54. The first-order valence-corrected chi connectivity index (χ1v) is 8.66. The highest BCUT2D eigenvalue weighted by atomic mass is 79.9. The smallest absolute Gasteiger partial charge is 0.252 e. The molecule has 0 spiro atoms. The second-order valence-corrected chi connectivity index (χ2v) is 8.07. The van der Waals surface area contributed by atoms with Crippen molar-refractivity contribution in [3.05, 3.63) is 33.8 Å². The van der Waals surface area contributed by atoms with Crippen molar-refractivity contribution in [3.63, 3.8) is 0 Å². The van der Waals surface area contributed by atoms with Gasteiger partial charge in [-0.15, -0.1) is 0 Å². The summed E-state index contributed by atoms with van der Waals surface area (Å²) in [5.41, 5.74) is 2.08. The molecule has 0 aliphatic heterocycles. The van der Waals surface area contributed by atoms with E-state index in [2.05, 4.69) is 42.0 Å². The van der Waals surface area contributed by atoms with Crippen LogP contribution in [0, 0.1) is 18.3 Å². The first kappa shape index (κ1) is 16.5. The van der Waals surface area contributed by atoms with Gasteiger partial charge in [0, 0.05) is 10.5 Å². The van der Waals surface area contributed by atoms with Crippen LogP contribution in [-0.2, 0) is 0 Å². The molecule has 0 bridgehead atoms. The van der Waals surface area contributed by atoms with Gasteiger partial charge in [0.05, 0.1) is 5.56 Å². The normalized spacial score (nSPS) is 22.9. The predicted octanol–water partition coefficient (Wildman–Crippen LogP) is 5.09. The summed E-state index contributed by atoms with van der Waals surface area (Å²) in [6, 6.07) is 6.14. The Labute approximate surface area is 136 Å². The molecule has 3 heteroatoms. The van der Waals surface area contributed by atoms with Crippen molar-refractivity contribution in [1.82, 2.24) is 5.32 Å². The van der Waals surface area contributed by atoms with E-state index in [1.807, 2.05) is 25.1 Å². The lowest BCUT2D eigenvalue weighted by Gasteiger charge is -2.40. The molecule has 1 amide bonds. The first-order chi connectivity index (χ1) is 9.80. The summed E-state index contributed by atoms with van der Waals surface area (Å²) in [5.74, 6) is 0.602. The molecule has 1 fully saturated rings. The number of carbonyl (C=O) groups excluding carboxylic acids is 1. The average molecular weight is 352 g/mol. The Balaban J connectivity index is 2.15. The minimum atomic E-state index is 0.0479. The van der Waals surface area contributed by atoms with Crippen molar-refractivity contribution in [2.45, 2.75) is 59.4 Å². The van der Waals surface area contributed by atoms with Gasteiger partial charge in [-0.25, -0.2) is 0 Å². The van der Waals surface area contributed by atoms with Crippen LogP contribution >= 0.6 is 15.9 Å². The van der Waals surface area contributed by atoms with Crippen LogP contribution in [0.3, 0.4) is 0 Å². The van der Waals surface area contributed by atoms with Gasteiger partial charge in [-0.05, 0) is 58.7 Å². The average Bonchev–Trinajstić information content (AvgIpc) is 2.41. The second-order valence-electron chi connectivity index (χ2n) is 7.27. The fourth-order valence-corrected chi connectivity index (χ4v) is 3.85. The third kappa shape index (κ3) is 3.88. The fraction of sp³-hybridized carbons (Fsp3) is 0.611. The number of hydrogen-bond donors (Lipinski definition) is 1. The molecule has 2 nitrogen and oxygen atoms in total. The maximum absolute atomic E-state index is 12.6. The molecule has 0 aromatic heterocycles. The number of amides is 1. The fourth-order valence-electron chi connectivity index (χ4n) is 3.41. The molecule has 21 heavy (non-hydrogen) atoms. The number of halogens is 1. The van der Waals surface area contributed by atoms with Crippen molar-refractivity contribution in [2.75, 3.05) is 0 Å². The van der Waals surface area contributed by atoms with Crippen LogP contribution in [0.15, 0.2) is 22.7 Å². The van der Waals surface area contributed by atoms with Gasteiger partial charge in [-0.2, -0.15) is 0 Å². The zero-order valence-corrected chi connectivity index (χ0v) is 15.1. The molecule has 0 radical (unpaired) electrons. The SMILES string of the molecule is Cc1cccc(C(=O)NC2CCCCC2C(C)(C)C)c1Br. The minimum Gasteiger partial charge on any atom is -0.349 e. The molecular weight excluding hydrogens is 326 g/mol. The highest BCUT2D eigenvalue weighted by Gasteiger charge is 2.35. The topological polar surface area (TPSA) is 29.1 Å². The van der Waals surface area contributed by atoms with Crippen LogP contribution in [0.1, 0.15) is 62.4 Å². The van der Waals surface area contributed by atoms with Gasteiger partial charge in [0.1, 0.15) is 0 Å². The third-order valence-electron chi connectivity index (χ3n) is 4.63. The molecular formula is C18H26BrNO. The van der Waals surface area contributed by atoms with E-state index in [0.717, 1.165) is 22.0 Å². The van der Waals surface area contributed by atoms with Crippen molar-refractivity contribution >= 4 is 21.8 Å². The first-order valence-electron chi connectivity index (χ1n) is 7.86. The van der Waals surface area contributed by atoms with Crippen LogP contribution in [0.4, 0.5) is 0 Å². The van der Waals surface area contributed by atoms with Crippen LogP contribution in [0.5, 0.6) is 0 Å². The number of rotatable bonds is 2. The van der Waals surface area contributed by atoms with Crippen LogP contribution < -0.4 is 5.32 Å². The second kappa shape index (κ2) is 6.51. The van der Waals surface area contributed by atoms with Gasteiger partial charge < -0.3 is 5.32 Å². The molecule has 2 rings (SSSR count). The molecule has 2 atom stereocenters. The molecule has 2 unspecified atom stereocenters. The molecule has 1 aliphatic rings. The molecule has 1 aromatic rings. The summed E-state index contributed by atoms with van der Waals surface area (Å²) in [6.45, 7) is 8.86. The quantitative estimate of drug-likeness (QED) is 0.789. The Morgan fingerprint density at radius 3 is 2.57 bits per heavy atom. The molecule has 1 aromatic carbocycles. The molecule has 1 aliphatic carbocycles. The zero-order chi connectivity index (χ0) is 15.6. The van der Waals surface area contributed by atoms with E-state index in [1.54, 1.807) is 0 Å². The summed E-state index contributed by atoms with van der Waals surface area (Å²) in [5, 5.41) is 3.29. The highest BCUT2D eigenvalue weighted by Crippen LogP contribution is 2.38. The van der Waals surface area contributed by atoms with Crippen LogP contribution in [0.25, 0.3) is 0 Å². The Morgan fingerprint density at radius 2 is 1.90 bits per heavy atom. The van der Waals surface area contributed by atoms with E-state index in [1.165, 1.54) is 19.3 Å². The lowest BCUT2D eigenvalue weighted by Crippen LogP contribution is -2.46. The lowest BCUT2D eigenvalue weighted by atomic mass is 9.69. The Bertz CT molecular complexity index is 518. The zero-order valence-electron chi connectivity index (χ0n) is 13.5. The summed E-state index contributed by atoms with van der Waals surface area (Å²) < 4.78 is 0.908. The summed E-state index contributed by atoms with van der Waals surface area (Å²) in [6.07, 6.45) is 4.80. The molecule has 0 heterocycles. The number of carbonyl (C=O) groups is 1. The molecule has 1 N–H and O–H groups in total. The Kier molecular flexibility index (Phi) is 5.13. The Morgan fingerprint density at radius 1 is 1.24 bits per heavy atom. The van der Waals surface area contributed by atoms with E-state index in [4.69, 9.17) is 0 Å². The molecule has 116 valence electrons. The number of hydrogen-bond acceptors (Lipinski definition) is 1. The van der Waals surface area contributed by atoms with Gasteiger partial charge in [-0.3, -0.25) is 4.79 Å². The van der Waals surface area contributed by atoms with Crippen molar-refractivity contribution < 1.29 is 4.79 Å². The van der Waals surface area contributed by atoms with E-state index in [-0.39, 0.29) is 11.3 Å². The number of benzene rings is 1. The van der Waals surface area contributed by atoms with Crippen molar-refractivity contribution in [2.24, 2.45) is 11.3 Å². The van der Waals surface area contributed by atoms with E-state index in [0.29, 0.717) is 12.0 Å². The van der Waals surface area contributed by atoms with Gasteiger partial charge >= 0.3 is 0 Å². The predicted molar refractivity (Wildman–Crippen MR) is 91.5 cm³/mol. The maximum Gasteiger partial charge on any atom is 0.252 e. The van der Waals surface area contributed by atoms with Gasteiger partial charge in [0.25, 0.3) is 5.91 Å².